The maximum absolute atomic E-state index is 7.09. The van der Waals surface area contributed by atoms with Crippen LogP contribution in [0, 0.1) is 0 Å². The Hall–Kier alpha value is -14.1. The molecular formula is C96H48N6O2. The predicted molar refractivity (Wildman–Crippen MR) is 434 cm³/mol. The van der Waals surface area contributed by atoms with Crippen LogP contribution in [0.3, 0.4) is 0 Å². The van der Waals surface area contributed by atoms with Crippen molar-refractivity contribution < 1.29 is 8.83 Å². The molecule has 12 heterocycles. The molecule has 104 heavy (non-hydrogen) atoms. The highest BCUT2D eigenvalue weighted by atomic mass is 16.3. The van der Waals surface area contributed by atoms with Gasteiger partial charge in [-0.25, -0.2) is 0 Å². The van der Waals surface area contributed by atoms with Gasteiger partial charge in [0.25, 0.3) is 0 Å². The van der Waals surface area contributed by atoms with Crippen molar-refractivity contribution >= 4 is 240 Å². The summed E-state index contributed by atoms with van der Waals surface area (Å²) in [6, 6.07) is 109. The van der Waals surface area contributed by atoms with Crippen molar-refractivity contribution in [1.29, 1.82) is 0 Å². The molecule has 16 aromatic carbocycles. The van der Waals surface area contributed by atoms with Gasteiger partial charge in [-0.2, -0.15) is 0 Å². The number of hydrogen-bond acceptors (Lipinski definition) is 2. The summed E-state index contributed by atoms with van der Waals surface area (Å²) >= 11 is 0. The van der Waals surface area contributed by atoms with Gasteiger partial charge in [0.2, 0.25) is 0 Å². The Kier molecular flexibility index (Phi) is 8.77. The van der Waals surface area contributed by atoms with Gasteiger partial charge < -0.3 is 35.6 Å². The van der Waals surface area contributed by atoms with Crippen molar-refractivity contribution in [2.24, 2.45) is 0 Å². The monoisotopic (exact) mass is 1320 g/mol. The number of furan rings is 2. The van der Waals surface area contributed by atoms with E-state index in [1.165, 1.54) is 196 Å². The third kappa shape index (κ3) is 5.82. The molecule has 0 aliphatic rings. The minimum Gasteiger partial charge on any atom is -0.456 e. The highest BCUT2D eigenvalue weighted by Crippen LogP contribution is 2.54. The molecule has 0 spiro atoms. The van der Waals surface area contributed by atoms with Gasteiger partial charge in [0.15, 0.2) is 0 Å². The molecule has 8 heteroatoms. The van der Waals surface area contributed by atoms with E-state index in [9.17, 15) is 0 Å². The minimum atomic E-state index is 0.872. The van der Waals surface area contributed by atoms with E-state index in [1.54, 1.807) is 0 Å². The van der Waals surface area contributed by atoms with Crippen LogP contribution in [0.2, 0.25) is 0 Å². The van der Waals surface area contributed by atoms with Crippen molar-refractivity contribution in [1.82, 2.24) is 26.7 Å². The summed E-state index contributed by atoms with van der Waals surface area (Å²) in [5, 5.41) is 29.6. The molecule has 0 saturated carbocycles. The smallest absolute Gasteiger partial charge is 0.136 e. The van der Waals surface area contributed by atoms with Crippen molar-refractivity contribution in [2.45, 2.75) is 0 Å². The van der Waals surface area contributed by atoms with E-state index in [0.717, 1.165) is 66.5 Å². The molecule has 0 aliphatic carbocycles. The second kappa shape index (κ2) is 17.5. The van der Waals surface area contributed by atoms with E-state index in [2.05, 4.69) is 318 Å². The zero-order chi connectivity index (χ0) is 66.5. The van der Waals surface area contributed by atoms with E-state index in [4.69, 9.17) is 8.83 Å². The molecule has 474 valence electrons. The lowest BCUT2D eigenvalue weighted by molar-refractivity contribution is 0.669. The first kappa shape index (κ1) is 52.0. The van der Waals surface area contributed by atoms with Gasteiger partial charge >= 0.3 is 0 Å². The van der Waals surface area contributed by atoms with Crippen LogP contribution >= 0.6 is 0 Å². The van der Waals surface area contributed by atoms with Crippen LogP contribution in [-0.4, -0.2) is 26.7 Å². The molecule has 28 rings (SSSR count). The van der Waals surface area contributed by atoms with Gasteiger partial charge in [-0.05, 0) is 145 Å². The highest BCUT2D eigenvalue weighted by molar-refractivity contribution is 6.41. The lowest BCUT2D eigenvalue weighted by atomic mass is 9.98. The average Bonchev–Trinajstić information content (AvgIpc) is 1.74. The average molecular weight is 1320 g/mol. The number of hydrogen-bond donors (Lipinski definition) is 0. The van der Waals surface area contributed by atoms with Crippen LogP contribution in [0.4, 0.5) is 0 Å². The quantitative estimate of drug-likeness (QED) is 0.177. The highest BCUT2D eigenvalue weighted by Gasteiger charge is 2.31. The van der Waals surface area contributed by atoms with E-state index in [0.29, 0.717) is 0 Å². The van der Waals surface area contributed by atoms with Gasteiger partial charge in [0, 0.05) is 141 Å². The zero-order valence-corrected chi connectivity index (χ0v) is 55.2. The first-order valence-corrected chi connectivity index (χ1v) is 36.0. The number of aromatic nitrogens is 6. The van der Waals surface area contributed by atoms with E-state index in [-0.39, 0.29) is 0 Å². The molecule has 0 bridgehead atoms. The Morgan fingerprint density at radius 3 is 1.10 bits per heavy atom. The number of para-hydroxylation sites is 8. The number of rotatable bonds is 3. The van der Waals surface area contributed by atoms with Gasteiger partial charge in [-0.3, -0.25) is 0 Å². The summed E-state index contributed by atoms with van der Waals surface area (Å²) in [5.74, 6) is 0. The molecule has 0 fully saturated rings. The summed E-state index contributed by atoms with van der Waals surface area (Å²) in [6.07, 6.45) is 0. The third-order valence-corrected chi connectivity index (χ3v) is 24.6. The maximum Gasteiger partial charge on any atom is 0.136 e. The fraction of sp³-hybridized carbons (Fsp3) is 0. The molecule has 0 N–H and O–H groups in total. The van der Waals surface area contributed by atoms with Crippen LogP contribution in [0.1, 0.15) is 0 Å². The molecular weight excluding hydrogens is 1270 g/mol. The topological polar surface area (TPSA) is 53.8 Å². The van der Waals surface area contributed by atoms with Gasteiger partial charge in [-0.1, -0.05) is 158 Å². The van der Waals surface area contributed by atoms with Crippen LogP contribution in [0.5, 0.6) is 0 Å². The first-order chi connectivity index (χ1) is 51.6. The molecule has 8 nitrogen and oxygen atoms in total. The molecule has 28 aromatic rings. The summed E-state index contributed by atoms with van der Waals surface area (Å²) in [4.78, 5) is 0. The minimum absolute atomic E-state index is 0.872. The van der Waals surface area contributed by atoms with E-state index in [1.807, 2.05) is 0 Å². The largest absolute Gasteiger partial charge is 0.456 e. The Morgan fingerprint density at radius 1 is 0.163 bits per heavy atom. The van der Waals surface area contributed by atoms with Gasteiger partial charge in [0.05, 0.1) is 88.3 Å². The molecule has 0 saturated heterocycles. The fourth-order valence-electron chi connectivity index (χ4n) is 20.7. The predicted octanol–water partition coefficient (Wildman–Crippen LogP) is 25.9. The molecule has 12 aromatic heterocycles. The van der Waals surface area contributed by atoms with E-state index < -0.39 is 0 Å². The number of fused-ring (bicyclic) bond motifs is 40. The Morgan fingerprint density at radius 2 is 0.538 bits per heavy atom. The molecule has 0 radical (unpaired) electrons. The van der Waals surface area contributed by atoms with Crippen molar-refractivity contribution in [2.75, 3.05) is 0 Å². The number of nitrogens with zero attached hydrogens (tertiary/aromatic N) is 6. The normalized spacial score (nSPS) is 13.2. The van der Waals surface area contributed by atoms with E-state index >= 15 is 0 Å². The third-order valence-electron chi connectivity index (χ3n) is 24.6. The van der Waals surface area contributed by atoms with Gasteiger partial charge in [-0.15, -0.1) is 0 Å². The first-order valence-electron chi connectivity index (χ1n) is 36.0. The summed E-state index contributed by atoms with van der Waals surface area (Å²) in [5.41, 5.74) is 27.6. The Labute approximate surface area is 585 Å². The van der Waals surface area contributed by atoms with Crippen molar-refractivity contribution in [3.05, 3.63) is 291 Å². The van der Waals surface area contributed by atoms with Crippen LogP contribution in [0.25, 0.3) is 262 Å². The standard InChI is InChI=1S/C96H48N6O2/c1-3-17-51(18-4-1)97-69-29-11-7-21-55(69)85-79(97)47-66-64-45-78-65(46-77(64)99-70-30-12-8-22-56(70)91(85)95(66)99)67-48-80-88(92-57-23-9-13-31-71(57)100(78)96(67)92)68-41-49(34-36-72(68)98(80)52-19-5-2-6-20-52)50-33-35-59-84(42-50)104-83-40-38-74-87(90(59)83)61-28-16-26-54-63-43-75-62(44-76(63)102(74)94(54)61)53-25-15-27-60-86-73(101(75)93(53)60)37-39-82-89(86)58-24-10-14-32-81(58)103-82/h1-48H. The Bertz CT molecular complexity index is 8850. The second-order valence-electron chi connectivity index (χ2n) is 29.3. The van der Waals surface area contributed by atoms with Crippen LogP contribution in [-0.2, 0) is 0 Å². The van der Waals surface area contributed by atoms with Gasteiger partial charge in [0.1, 0.15) is 22.3 Å². The molecule has 0 unspecified atom stereocenters. The molecule has 0 atom stereocenters. The lowest BCUT2D eigenvalue weighted by Gasteiger charge is -2.08. The molecule has 0 aliphatic heterocycles. The number of benzene rings is 16. The molecule has 0 amide bonds. The van der Waals surface area contributed by atoms with Crippen LogP contribution in [0.15, 0.2) is 300 Å². The van der Waals surface area contributed by atoms with Crippen LogP contribution < -0.4 is 0 Å². The Balaban J connectivity index is 0.655. The fourth-order valence-corrected chi connectivity index (χ4v) is 20.7. The SMILES string of the molecule is c1ccc(-n2c3ccccc3c3c4c5ccccc5n5c6cc7c8cc9c(c%10cc(-c%11ccc%12c(c%11)oc%11ccc%13c(c%14cccc%15c%16cc%17c(cc%16n%13c%15%14)c%13cccc%14c%15c%16c(ccc%15n%17c%13%14)oc%13ccccc%13%16)c%11%12)ccc%10n9-c9ccccc9)c9c%10ccccc%10n(c7cc6c(cc32)c45)c89)cc1. The second-order valence-corrected chi connectivity index (χ2v) is 29.3. The maximum atomic E-state index is 7.09. The summed E-state index contributed by atoms with van der Waals surface area (Å²) < 4.78 is 28.7. The summed E-state index contributed by atoms with van der Waals surface area (Å²) in [6.45, 7) is 0. The summed E-state index contributed by atoms with van der Waals surface area (Å²) in [7, 11) is 0. The zero-order valence-electron chi connectivity index (χ0n) is 55.2. The van der Waals surface area contributed by atoms with Crippen molar-refractivity contribution in [3.63, 3.8) is 0 Å². The lowest BCUT2D eigenvalue weighted by Crippen LogP contribution is -1.93. The van der Waals surface area contributed by atoms with Crippen molar-refractivity contribution in [3.8, 4) is 22.5 Å².